The summed E-state index contributed by atoms with van der Waals surface area (Å²) in [6.45, 7) is 1.51. The van der Waals surface area contributed by atoms with Gasteiger partial charge in [0.25, 0.3) is 5.91 Å². The van der Waals surface area contributed by atoms with Gasteiger partial charge < -0.3 is 20.6 Å². The van der Waals surface area contributed by atoms with Crippen molar-refractivity contribution in [2.24, 2.45) is 0 Å². The Balaban J connectivity index is 1.78. The molecule has 8 nitrogen and oxygen atoms in total. The lowest BCUT2D eigenvalue weighted by molar-refractivity contribution is -0.138. The Labute approximate surface area is 187 Å². The third-order valence-corrected chi connectivity index (χ3v) is 5.15. The molecule has 1 aliphatic rings. The molecule has 0 aromatic heterocycles. The Bertz CT molecular complexity index is 1150. The number of carboxylic acid groups (broad SMARTS) is 1. The molecule has 3 amide bonds. The number of halogens is 2. The smallest absolute Gasteiger partial charge is 0.316 e. The van der Waals surface area contributed by atoms with Crippen molar-refractivity contribution < 1.29 is 33.1 Å². The van der Waals surface area contributed by atoms with E-state index in [4.69, 9.17) is 0 Å². The average Bonchev–Trinajstić information content (AvgIpc) is 2.75. The summed E-state index contributed by atoms with van der Waals surface area (Å²) in [7, 11) is 1.45. The van der Waals surface area contributed by atoms with Gasteiger partial charge in [-0.15, -0.1) is 0 Å². The molecule has 2 atom stereocenters. The fourth-order valence-electron chi connectivity index (χ4n) is 3.46. The zero-order valence-corrected chi connectivity index (χ0v) is 17.8. The number of hydrogen-bond donors (Lipinski definition) is 3. The second kappa shape index (κ2) is 9.60. The Kier molecular flexibility index (Phi) is 6.86. The summed E-state index contributed by atoms with van der Waals surface area (Å²) < 4.78 is 27.2. The molecular formula is C23H21F2N3O5. The van der Waals surface area contributed by atoms with Crippen LogP contribution in [0.1, 0.15) is 24.9 Å². The zero-order valence-electron chi connectivity index (χ0n) is 17.8. The lowest BCUT2D eigenvalue weighted by Crippen LogP contribution is -2.56. The van der Waals surface area contributed by atoms with E-state index in [2.05, 4.69) is 10.6 Å². The Morgan fingerprint density at radius 2 is 1.79 bits per heavy atom. The van der Waals surface area contributed by atoms with Crippen LogP contribution in [-0.4, -0.2) is 46.8 Å². The first-order chi connectivity index (χ1) is 15.6. The monoisotopic (exact) mass is 457 g/mol. The molecule has 3 rings (SSSR count). The number of ketones is 1. The van der Waals surface area contributed by atoms with Crippen molar-refractivity contribution in [2.75, 3.05) is 7.05 Å². The lowest BCUT2D eigenvalue weighted by Gasteiger charge is -2.27. The standard InChI is InChI=1S/C23H21F2N3O5/c1-12-11-28(2)22(32)20(21(12)31)27-23(33)26-18(10-19(29)30)14-5-3-13(4-6-14)16-8-7-15(24)9-17(16)25/h3-9,11,18,20H,10H2,1-2H3,(H,29,30)(H2,26,27,33). The van der Waals surface area contributed by atoms with Gasteiger partial charge in [0.2, 0.25) is 0 Å². The quantitative estimate of drug-likeness (QED) is 0.577. The minimum Gasteiger partial charge on any atom is -0.481 e. The number of amides is 3. The first-order valence-electron chi connectivity index (χ1n) is 9.90. The minimum atomic E-state index is -1.42. The molecule has 0 radical (unpaired) electrons. The minimum absolute atomic E-state index is 0.158. The summed E-state index contributed by atoms with van der Waals surface area (Å²) in [6.07, 6.45) is 0.878. The molecule has 3 N–H and O–H groups in total. The molecular weight excluding hydrogens is 436 g/mol. The fraction of sp³-hybridized carbons (Fsp3) is 0.217. The Hall–Kier alpha value is -4.08. The van der Waals surface area contributed by atoms with E-state index in [-0.39, 0.29) is 11.1 Å². The molecule has 0 spiro atoms. The van der Waals surface area contributed by atoms with Crippen LogP contribution < -0.4 is 10.6 Å². The number of nitrogens with zero attached hydrogens (tertiary/aromatic N) is 1. The van der Waals surface area contributed by atoms with E-state index in [0.29, 0.717) is 11.1 Å². The zero-order chi connectivity index (χ0) is 24.3. The number of carbonyl (C=O) groups is 4. The van der Waals surface area contributed by atoms with Crippen molar-refractivity contribution in [3.63, 3.8) is 0 Å². The van der Waals surface area contributed by atoms with Crippen LogP contribution >= 0.6 is 0 Å². The summed E-state index contributed by atoms with van der Waals surface area (Å²) in [6, 6.07) is 5.86. The fourth-order valence-corrected chi connectivity index (χ4v) is 3.46. The molecule has 2 aromatic carbocycles. The van der Waals surface area contributed by atoms with E-state index in [1.807, 2.05) is 0 Å². The van der Waals surface area contributed by atoms with Crippen LogP contribution in [0.5, 0.6) is 0 Å². The van der Waals surface area contributed by atoms with Gasteiger partial charge in [-0.25, -0.2) is 13.6 Å². The van der Waals surface area contributed by atoms with E-state index >= 15 is 0 Å². The number of carboxylic acids is 1. The van der Waals surface area contributed by atoms with E-state index in [1.54, 1.807) is 0 Å². The van der Waals surface area contributed by atoms with E-state index in [9.17, 15) is 33.1 Å². The van der Waals surface area contributed by atoms with Crippen LogP contribution in [-0.2, 0) is 14.4 Å². The van der Waals surface area contributed by atoms with E-state index in [0.717, 1.165) is 12.1 Å². The van der Waals surface area contributed by atoms with Gasteiger partial charge in [0.15, 0.2) is 11.8 Å². The number of urea groups is 1. The van der Waals surface area contributed by atoms with Crippen molar-refractivity contribution in [3.8, 4) is 11.1 Å². The summed E-state index contributed by atoms with van der Waals surface area (Å²) >= 11 is 0. The third-order valence-electron chi connectivity index (χ3n) is 5.15. The van der Waals surface area contributed by atoms with E-state index < -0.39 is 53.8 Å². The maximum atomic E-state index is 14.0. The Morgan fingerprint density at radius 1 is 1.12 bits per heavy atom. The summed E-state index contributed by atoms with van der Waals surface area (Å²) in [5.41, 5.74) is 1.27. The Morgan fingerprint density at radius 3 is 2.39 bits per heavy atom. The van der Waals surface area contributed by atoms with Crippen molar-refractivity contribution in [2.45, 2.75) is 25.4 Å². The predicted molar refractivity (Wildman–Crippen MR) is 114 cm³/mol. The van der Waals surface area contributed by atoms with Gasteiger partial charge in [0.1, 0.15) is 11.6 Å². The van der Waals surface area contributed by atoms with Crippen LogP contribution in [0, 0.1) is 11.6 Å². The van der Waals surface area contributed by atoms with Gasteiger partial charge in [-0.2, -0.15) is 0 Å². The highest BCUT2D eigenvalue weighted by atomic mass is 19.1. The van der Waals surface area contributed by atoms with Crippen molar-refractivity contribution in [1.82, 2.24) is 15.5 Å². The molecule has 0 saturated heterocycles. The largest absolute Gasteiger partial charge is 0.481 e. The van der Waals surface area contributed by atoms with Crippen molar-refractivity contribution >= 4 is 23.7 Å². The topological polar surface area (TPSA) is 116 Å². The van der Waals surface area contributed by atoms with Crippen LogP contribution in [0.25, 0.3) is 11.1 Å². The van der Waals surface area contributed by atoms with Gasteiger partial charge in [-0.3, -0.25) is 14.4 Å². The van der Waals surface area contributed by atoms with Gasteiger partial charge in [0.05, 0.1) is 12.5 Å². The normalized spacial score (nSPS) is 16.8. The highest BCUT2D eigenvalue weighted by Gasteiger charge is 2.35. The summed E-state index contributed by atoms with van der Waals surface area (Å²) in [4.78, 5) is 49.5. The van der Waals surface area contributed by atoms with Gasteiger partial charge in [-0.1, -0.05) is 24.3 Å². The summed E-state index contributed by atoms with van der Waals surface area (Å²) in [5.74, 6) is -3.85. The van der Waals surface area contributed by atoms with Crippen LogP contribution in [0.2, 0.25) is 0 Å². The lowest BCUT2D eigenvalue weighted by atomic mass is 9.98. The first kappa shape index (κ1) is 23.6. The average molecular weight is 457 g/mol. The molecule has 0 saturated carbocycles. The molecule has 0 aliphatic carbocycles. The number of aliphatic carboxylic acids is 1. The molecule has 2 unspecified atom stereocenters. The molecule has 1 aliphatic heterocycles. The number of rotatable bonds is 6. The number of carbonyl (C=O) groups excluding carboxylic acids is 3. The molecule has 172 valence electrons. The highest BCUT2D eigenvalue weighted by molar-refractivity contribution is 6.16. The maximum Gasteiger partial charge on any atom is 0.316 e. The predicted octanol–water partition coefficient (Wildman–Crippen LogP) is 2.76. The molecule has 10 heteroatoms. The van der Waals surface area contributed by atoms with Crippen LogP contribution in [0.3, 0.4) is 0 Å². The van der Waals surface area contributed by atoms with Gasteiger partial charge in [0, 0.05) is 30.5 Å². The highest BCUT2D eigenvalue weighted by Crippen LogP contribution is 2.26. The van der Waals surface area contributed by atoms with Crippen molar-refractivity contribution in [1.29, 1.82) is 0 Å². The first-order valence-corrected chi connectivity index (χ1v) is 9.90. The van der Waals surface area contributed by atoms with Gasteiger partial charge >= 0.3 is 12.0 Å². The number of nitrogens with one attached hydrogen (secondary N) is 2. The number of likely N-dealkylation sites (N-methyl/N-ethyl adjacent to an activating group) is 1. The van der Waals surface area contributed by atoms with Crippen LogP contribution in [0.4, 0.5) is 13.6 Å². The number of benzene rings is 2. The molecule has 0 fully saturated rings. The second-order valence-corrected chi connectivity index (χ2v) is 7.57. The molecule has 0 bridgehead atoms. The maximum absolute atomic E-state index is 14.0. The number of hydrogen-bond acceptors (Lipinski definition) is 4. The summed E-state index contributed by atoms with van der Waals surface area (Å²) in [5, 5.41) is 14.0. The van der Waals surface area contributed by atoms with E-state index in [1.165, 1.54) is 55.4 Å². The third kappa shape index (κ3) is 5.40. The van der Waals surface area contributed by atoms with Gasteiger partial charge in [-0.05, 0) is 30.2 Å². The molecule has 33 heavy (non-hydrogen) atoms. The molecule has 2 aromatic rings. The SMILES string of the molecule is CC1=CN(C)C(=O)C(NC(=O)NC(CC(=O)O)c2ccc(-c3ccc(F)cc3F)cc2)C1=O. The second-order valence-electron chi connectivity index (χ2n) is 7.57. The number of Topliss-reactive ketones (excluding diaryl/α,β-unsaturated/α-hetero) is 1. The van der Waals surface area contributed by atoms with Crippen molar-refractivity contribution in [3.05, 3.63) is 71.4 Å². The van der Waals surface area contributed by atoms with Crippen LogP contribution in [0.15, 0.2) is 54.2 Å². The molecule has 1 heterocycles.